The summed E-state index contributed by atoms with van der Waals surface area (Å²) in [6.45, 7) is 2.07. The van der Waals surface area contributed by atoms with E-state index < -0.39 is 0 Å². The molecule has 0 unspecified atom stereocenters. The average molecular weight is 349 g/mol. The average Bonchev–Trinajstić information content (AvgIpc) is 2.51. The first-order valence-electron chi connectivity index (χ1n) is 7.01. The standard InChI is InChI=1S/C19H14Cl3/c1-12-5-7-13(8-6-12)16-9-10-17(19(22)18(16)21)14-3-2-4-15(20)11-14/h2-8,10-11H,9H2,1H3. The smallest absolute Gasteiger partial charge is 0.0636 e. The first-order valence-corrected chi connectivity index (χ1v) is 8.14. The lowest BCUT2D eigenvalue weighted by Gasteiger charge is -2.20. The SMILES string of the molecule is Cc1ccc(C2=C(Cl)C(Cl)=C(c3cccc(Cl)c3)[CH]C2)cc1. The Labute approximate surface area is 146 Å². The van der Waals surface area contributed by atoms with Crippen LogP contribution in [-0.4, -0.2) is 0 Å². The molecule has 0 fully saturated rings. The third kappa shape index (κ3) is 3.10. The number of hydrogen-bond donors (Lipinski definition) is 0. The molecular formula is C19H14Cl3. The van der Waals surface area contributed by atoms with Crippen LogP contribution in [0.2, 0.25) is 5.02 Å². The maximum absolute atomic E-state index is 6.53. The molecule has 2 aromatic rings. The molecule has 1 radical (unpaired) electrons. The van der Waals surface area contributed by atoms with Crippen LogP contribution in [0.25, 0.3) is 11.1 Å². The predicted octanol–water partition coefficient (Wildman–Crippen LogP) is 6.86. The minimum Gasteiger partial charge on any atom is -0.0843 e. The van der Waals surface area contributed by atoms with Gasteiger partial charge in [0.1, 0.15) is 0 Å². The van der Waals surface area contributed by atoms with E-state index >= 15 is 0 Å². The zero-order valence-corrected chi connectivity index (χ0v) is 14.3. The van der Waals surface area contributed by atoms with E-state index in [0.717, 1.165) is 28.7 Å². The van der Waals surface area contributed by atoms with Crippen molar-refractivity contribution in [1.29, 1.82) is 0 Å². The number of allylic oxidation sites excluding steroid dienone is 4. The lowest BCUT2D eigenvalue weighted by molar-refractivity contribution is 1.26. The normalized spacial score (nSPS) is 15.5. The maximum Gasteiger partial charge on any atom is 0.0636 e. The van der Waals surface area contributed by atoms with Crippen molar-refractivity contribution in [1.82, 2.24) is 0 Å². The third-order valence-corrected chi connectivity index (χ3v) is 4.88. The molecule has 1 aliphatic carbocycles. The van der Waals surface area contributed by atoms with Crippen molar-refractivity contribution in [3.8, 4) is 0 Å². The van der Waals surface area contributed by atoms with Crippen LogP contribution >= 0.6 is 34.8 Å². The van der Waals surface area contributed by atoms with Crippen molar-refractivity contribution in [2.45, 2.75) is 13.3 Å². The summed E-state index contributed by atoms with van der Waals surface area (Å²) < 4.78 is 0. The van der Waals surface area contributed by atoms with Gasteiger partial charge in [0.15, 0.2) is 0 Å². The van der Waals surface area contributed by atoms with E-state index in [0.29, 0.717) is 15.1 Å². The van der Waals surface area contributed by atoms with E-state index in [1.807, 2.05) is 24.3 Å². The highest BCUT2D eigenvalue weighted by Gasteiger charge is 2.21. The Morgan fingerprint density at radius 1 is 0.818 bits per heavy atom. The minimum atomic E-state index is 0.575. The van der Waals surface area contributed by atoms with Crippen LogP contribution in [0.4, 0.5) is 0 Å². The second-order valence-electron chi connectivity index (χ2n) is 5.30. The highest BCUT2D eigenvalue weighted by atomic mass is 35.5. The summed E-state index contributed by atoms with van der Waals surface area (Å²) in [4.78, 5) is 0. The summed E-state index contributed by atoms with van der Waals surface area (Å²) in [6, 6.07) is 16.0. The van der Waals surface area contributed by atoms with Crippen LogP contribution in [0, 0.1) is 13.3 Å². The van der Waals surface area contributed by atoms with E-state index in [4.69, 9.17) is 34.8 Å². The summed E-state index contributed by atoms with van der Waals surface area (Å²) >= 11 is 19.1. The Bertz CT molecular complexity index is 768. The van der Waals surface area contributed by atoms with E-state index in [1.54, 1.807) is 0 Å². The van der Waals surface area contributed by atoms with Gasteiger partial charge in [0.25, 0.3) is 0 Å². The van der Waals surface area contributed by atoms with E-state index in [9.17, 15) is 0 Å². The molecule has 3 heteroatoms. The van der Waals surface area contributed by atoms with Gasteiger partial charge in [0, 0.05) is 5.02 Å². The molecule has 0 N–H and O–H groups in total. The van der Waals surface area contributed by atoms with Gasteiger partial charge in [-0.25, -0.2) is 0 Å². The first kappa shape index (κ1) is 15.7. The summed E-state index contributed by atoms with van der Waals surface area (Å²) in [5.41, 5.74) is 5.30. The Morgan fingerprint density at radius 3 is 2.23 bits per heavy atom. The van der Waals surface area contributed by atoms with Gasteiger partial charge in [-0.2, -0.15) is 0 Å². The van der Waals surface area contributed by atoms with Gasteiger partial charge in [-0.15, -0.1) is 0 Å². The van der Waals surface area contributed by atoms with Crippen molar-refractivity contribution < 1.29 is 0 Å². The molecule has 0 nitrogen and oxygen atoms in total. The molecule has 111 valence electrons. The monoisotopic (exact) mass is 347 g/mol. The summed E-state index contributed by atoms with van der Waals surface area (Å²) in [5, 5.41) is 1.88. The van der Waals surface area contributed by atoms with Gasteiger partial charge in [0.2, 0.25) is 0 Å². The topological polar surface area (TPSA) is 0 Å². The van der Waals surface area contributed by atoms with Crippen LogP contribution in [0.15, 0.2) is 58.6 Å². The molecule has 0 aliphatic heterocycles. The van der Waals surface area contributed by atoms with Crippen molar-refractivity contribution >= 4 is 45.9 Å². The molecule has 0 saturated heterocycles. The van der Waals surface area contributed by atoms with Crippen molar-refractivity contribution in [3.63, 3.8) is 0 Å². The molecule has 0 saturated carbocycles. The molecule has 0 bridgehead atoms. The number of rotatable bonds is 2. The summed E-state index contributed by atoms with van der Waals surface area (Å²) in [5.74, 6) is 0. The second kappa shape index (κ2) is 6.50. The molecular weight excluding hydrogens is 335 g/mol. The van der Waals surface area contributed by atoms with Gasteiger partial charge in [-0.1, -0.05) is 76.8 Å². The van der Waals surface area contributed by atoms with Crippen LogP contribution in [0.1, 0.15) is 23.1 Å². The number of aryl methyl sites for hydroxylation is 1. The highest BCUT2D eigenvalue weighted by Crippen LogP contribution is 2.43. The highest BCUT2D eigenvalue weighted by molar-refractivity contribution is 6.48. The maximum atomic E-state index is 6.53. The molecule has 22 heavy (non-hydrogen) atoms. The Balaban J connectivity index is 2.05. The van der Waals surface area contributed by atoms with Crippen LogP contribution in [0.5, 0.6) is 0 Å². The van der Waals surface area contributed by atoms with Crippen molar-refractivity contribution in [3.05, 3.63) is 86.7 Å². The fraction of sp³-hybridized carbons (Fsp3) is 0.105. The Kier molecular flexibility index (Phi) is 4.63. The number of halogens is 3. The summed E-state index contributed by atoms with van der Waals surface area (Å²) in [6.07, 6.45) is 2.86. The zero-order valence-electron chi connectivity index (χ0n) is 12.0. The largest absolute Gasteiger partial charge is 0.0843 e. The Hall–Kier alpha value is -1.21. The molecule has 0 atom stereocenters. The lowest BCUT2D eigenvalue weighted by Crippen LogP contribution is -2.00. The number of hydrogen-bond acceptors (Lipinski definition) is 0. The molecule has 0 heterocycles. The third-order valence-electron chi connectivity index (χ3n) is 3.74. The first-order chi connectivity index (χ1) is 10.6. The molecule has 0 spiro atoms. The molecule has 2 aromatic carbocycles. The number of benzene rings is 2. The van der Waals surface area contributed by atoms with Gasteiger partial charge < -0.3 is 0 Å². The van der Waals surface area contributed by atoms with E-state index in [1.165, 1.54) is 5.56 Å². The van der Waals surface area contributed by atoms with Crippen LogP contribution in [0.3, 0.4) is 0 Å². The predicted molar refractivity (Wildman–Crippen MR) is 97.1 cm³/mol. The van der Waals surface area contributed by atoms with Crippen LogP contribution < -0.4 is 0 Å². The van der Waals surface area contributed by atoms with Gasteiger partial charge >= 0.3 is 0 Å². The minimum absolute atomic E-state index is 0.575. The Morgan fingerprint density at radius 2 is 1.55 bits per heavy atom. The fourth-order valence-electron chi connectivity index (χ4n) is 2.53. The van der Waals surface area contributed by atoms with Gasteiger partial charge in [-0.05, 0) is 54.2 Å². The van der Waals surface area contributed by atoms with Crippen molar-refractivity contribution in [2.24, 2.45) is 0 Å². The second-order valence-corrected chi connectivity index (χ2v) is 6.50. The van der Waals surface area contributed by atoms with Gasteiger partial charge in [0.05, 0.1) is 10.1 Å². The molecule has 1 aliphatic rings. The summed E-state index contributed by atoms with van der Waals surface area (Å²) in [7, 11) is 0. The van der Waals surface area contributed by atoms with E-state index in [2.05, 4.69) is 37.6 Å². The van der Waals surface area contributed by atoms with E-state index in [-0.39, 0.29) is 0 Å². The van der Waals surface area contributed by atoms with Gasteiger partial charge in [-0.3, -0.25) is 0 Å². The molecule has 3 rings (SSSR count). The molecule has 0 aromatic heterocycles. The quantitative estimate of drug-likeness (QED) is 0.556. The van der Waals surface area contributed by atoms with Crippen molar-refractivity contribution in [2.75, 3.05) is 0 Å². The lowest BCUT2D eigenvalue weighted by atomic mass is 9.89. The fourth-order valence-corrected chi connectivity index (χ4v) is 3.31. The zero-order chi connectivity index (χ0) is 15.7. The van der Waals surface area contributed by atoms with Crippen LogP contribution in [-0.2, 0) is 0 Å². The molecule has 0 amide bonds.